The summed E-state index contributed by atoms with van der Waals surface area (Å²) >= 11 is 0. The quantitative estimate of drug-likeness (QED) is 0.747. The molecule has 0 unspecified atom stereocenters. The fourth-order valence-electron chi connectivity index (χ4n) is 1.62. The van der Waals surface area contributed by atoms with E-state index >= 15 is 0 Å². The molecule has 0 N–H and O–H groups in total. The number of ketones is 1. The monoisotopic (exact) mass is 250 g/mol. The second-order valence-corrected chi connectivity index (χ2v) is 5.55. The molecule has 3 heteroatoms. The molecule has 0 spiro atoms. The van der Waals surface area contributed by atoms with Gasteiger partial charge in [-0.15, -0.1) is 0 Å². The third-order valence-electron chi connectivity index (χ3n) is 2.67. The minimum absolute atomic E-state index is 0.0433. The number of Topliss-reactive ketones (excluding diaryl/α,β-unsaturated/α-hetero) is 1. The van der Waals surface area contributed by atoms with Gasteiger partial charge in [-0.3, -0.25) is 4.79 Å². The van der Waals surface area contributed by atoms with E-state index in [1.807, 2.05) is 12.1 Å². The third-order valence-corrected chi connectivity index (χ3v) is 2.67. The Morgan fingerprint density at radius 3 is 2.33 bits per heavy atom. The van der Waals surface area contributed by atoms with Crippen molar-refractivity contribution < 1.29 is 14.3 Å². The van der Waals surface area contributed by atoms with Gasteiger partial charge in [0.15, 0.2) is 5.78 Å². The van der Waals surface area contributed by atoms with Gasteiger partial charge in [0.25, 0.3) is 0 Å². The topological polar surface area (TPSA) is 35.5 Å². The van der Waals surface area contributed by atoms with Crippen LogP contribution >= 0.6 is 0 Å². The lowest BCUT2D eigenvalue weighted by Crippen LogP contribution is -2.12. The number of hydrogen-bond acceptors (Lipinski definition) is 3. The highest BCUT2D eigenvalue weighted by atomic mass is 16.5. The Morgan fingerprint density at radius 2 is 1.83 bits per heavy atom. The fraction of sp³-hybridized carbons (Fsp3) is 0.533. The highest BCUT2D eigenvalue weighted by Crippen LogP contribution is 2.29. The number of carbonyl (C=O) groups excluding carboxylic acids is 1. The van der Waals surface area contributed by atoms with Gasteiger partial charge >= 0.3 is 0 Å². The van der Waals surface area contributed by atoms with Crippen molar-refractivity contribution in [3.8, 4) is 11.5 Å². The van der Waals surface area contributed by atoms with Crippen LogP contribution in [0, 0.1) is 5.41 Å². The highest BCUT2D eigenvalue weighted by Gasteiger charge is 2.16. The Hall–Kier alpha value is -1.51. The van der Waals surface area contributed by atoms with E-state index in [1.54, 1.807) is 13.2 Å². The molecule has 0 aliphatic rings. The molecule has 1 aromatic carbocycles. The predicted molar refractivity (Wildman–Crippen MR) is 72.6 cm³/mol. The van der Waals surface area contributed by atoms with Crippen molar-refractivity contribution >= 4 is 5.78 Å². The smallest absolute Gasteiger partial charge is 0.167 e. The van der Waals surface area contributed by atoms with Gasteiger partial charge in [0.1, 0.15) is 17.1 Å². The number of ether oxygens (including phenoxy) is 2. The van der Waals surface area contributed by atoms with Crippen molar-refractivity contribution in [2.24, 2.45) is 5.41 Å². The fourth-order valence-corrected chi connectivity index (χ4v) is 1.62. The van der Waals surface area contributed by atoms with Crippen LogP contribution in [-0.2, 0) is 0 Å². The molecule has 0 aliphatic heterocycles. The maximum absolute atomic E-state index is 11.6. The summed E-state index contributed by atoms with van der Waals surface area (Å²) in [5.74, 6) is 1.13. The Balaban J connectivity index is 2.85. The van der Waals surface area contributed by atoms with Gasteiger partial charge in [0, 0.05) is 0 Å². The van der Waals surface area contributed by atoms with E-state index in [4.69, 9.17) is 9.47 Å². The van der Waals surface area contributed by atoms with Crippen LogP contribution in [0.1, 0.15) is 44.5 Å². The van der Waals surface area contributed by atoms with Crippen molar-refractivity contribution in [1.82, 2.24) is 0 Å². The third kappa shape index (κ3) is 4.06. The summed E-state index contributed by atoms with van der Waals surface area (Å²) in [4.78, 5) is 11.6. The number of rotatable bonds is 5. The summed E-state index contributed by atoms with van der Waals surface area (Å²) < 4.78 is 10.9. The molecule has 3 nitrogen and oxygen atoms in total. The average molecular weight is 250 g/mol. The molecule has 0 fully saturated rings. The van der Waals surface area contributed by atoms with Gasteiger partial charge in [0.2, 0.25) is 0 Å². The zero-order chi connectivity index (χ0) is 13.8. The molecule has 0 aliphatic carbocycles. The van der Waals surface area contributed by atoms with Crippen molar-refractivity contribution in [2.75, 3.05) is 13.7 Å². The molecule has 0 bridgehead atoms. The van der Waals surface area contributed by atoms with Crippen molar-refractivity contribution in [3.63, 3.8) is 0 Å². The predicted octanol–water partition coefficient (Wildman–Crippen LogP) is 3.71. The van der Waals surface area contributed by atoms with Crippen LogP contribution in [-0.4, -0.2) is 19.5 Å². The second kappa shape index (κ2) is 5.89. The number of methoxy groups -OCH3 is 1. The van der Waals surface area contributed by atoms with E-state index in [2.05, 4.69) is 20.8 Å². The molecule has 0 radical (unpaired) electrons. The van der Waals surface area contributed by atoms with Gasteiger partial charge in [-0.25, -0.2) is 0 Å². The van der Waals surface area contributed by atoms with Gasteiger partial charge in [-0.2, -0.15) is 0 Å². The normalized spacial score (nSPS) is 11.2. The number of carbonyl (C=O) groups is 1. The molecule has 0 aromatic heterocycles. The van der Waals surface area contributed by atoms with Crippen molar-refractivity contribution in [2.45, 2.75) is 34.1 Å². The average Bonchev–Trinajstić information content (AvgIpc) is 2.26. The lowest BCUT2D eigenvalue weighted by atomic mass is 9.93. The summed E-state index contributed by atoms with van der Waals surface area (Å²) in [6.07, 6.45) is 0.932. The summed E-state index contributed by atoms with van der Waals surface area (Å²) in [6.45, 7) is 8.60. The molecule has 0 saturated carbocycles. The zero-order valence-corrected chi connectivity index (χ0v) is 11.9. The maximum atomic E-state index is 11.6. The first-order valence-corrected chi connectivity index (χ1v) is 6.16. The number of benzene rings is 1. The Morgan fingerprint density at radius 1 is 1.22 bits per heavy atom. The van der Waals surface area contributed by atoms with Crippen molar-refractivity contribution in [1.29, 1.82) is 0 Å². The van der Waals surface area contributed by atoms with Crippen LogP contribution in [0.15, 0.2) is 18.2 Å². The van der Waals surface area contributed by atoms with Gasteiger partial charge in [0.05, 0.1) is 13.7 Å². The first kappa shape index (κ1) is 14.6. The molecule has 0 saturated heterocycles. The maximum Gasteiger partial charge on any atom is 0.167 e. The zero-order valence-electron chi connectivity index (χ0n) is 11.9. The molecule has 18 heavy (non-hydrogen) atoms. The van der Waals surface area contributed by atoms with Crippen LogP contribution in [0.5, 0.6) is 11.5 Å². The van der Waals surface area contributed by atoms with Gasteiger partial charge < -0.3 is 9.47 Å². The van der Waals surface area contributed by atoms with Crippen LogP contribution in [0.4, 0.5) is 0 Å². The molecule has 1 aromatic rings. The lowest BCUT2D eigenvalue weighted by molar-refractivity contribution is 0.101. The summed E-state index contributed by atoms with van der Waals surface area (Å²) in [7, 11) is 1.56. The molecule has 1 rings (SSSR count). The molecular weight excluding hydrogens is 228 g/mol. The number of hydrogen-bond donors (Lipinski definition) is 0. The molecule has 100 valence electrons. The van der Waals surface area contributed by atoms with E-state index in [-0.39, 0.29) is 11.2 Å². The van der Waals surface area contributed by atoms with E-state index in [0.717, 1.165) is 6.42 Å². The SMILES string of the molecule is COc1cccc(OCCC(C)(C)C)c1C(C)=O. The Labute approximate surface area is 109 Å². The summed E-state index contributed by atoms with van der Waals surface area (Å²) in [5.41, 5.74) is 0.740. The largest absolute Gasteiger partial charge is 0.496 e. The summed E-state index contributed by atoms with van der Waals surface area (Å²) in [6, 6.07) is 5.41. The van der Waals surface area contributed by atoms with Gasteiger partial charge in [-0.05, 0) is 30.9 Å². The van der Waals surface area contributed by atoms with Crippen LogP contribution in [0.2, 0.25) is 0 Å². The minimum atomic E-state index is -0.0433. The molecule has 0 heterocycles. The second-order valence-electron chi connectivity index (χ2n) is 5.55. The van der Waals surface area contributed by atoms with Crippen molar-refractivity contribution in [3.05, 3.63) is 23.8 Å². The lowest BCUT2D eigenvalue weighted by Gasteiger charge is -2.19. The summed E-state index contributed by atoms with van der Waals surface area (Å²) in [5, 5.41) is 0. The van der Waals surface area contributed by atoms with Crippen LogP contribution in [0.25, 0.3) is 0 Å². The van der Waals surface area contributed by atoms with E-state index in [9.17, 15) is 4.79 Å². The Bertz CT molecular complexity index is 416. The van der Waals surface area contributed by atoms with Crippen LogP contribution in [0.3, 0.4) is 0 Å². The molecular formula is C15H22O3. The molecule has 0 amide bonds. The van der Waals surface area contributed by atoms with E-state index in [0.29, 0.717) is 23.7 Å². The standard InChI is InChI=1S/C15H22O3/c1-11(16)14-12(17-5)7-6-8-13(14)18-10-9-15(2,3)4/h6-8H,9-10H2,1-5H3. The Kier molecular flexibility index (Phi) is 4.76. The van der Waals surface area contributed by atoms with E-state index in [1.165, 1.54) is 6.92 Å². The van der Waals surface area contributed by atoms with Gasteiger partial charge in [-0.1, -0.05) is 26.8 Å². The van der Waals surface area contributed by atoms with E-state index < -0.39 is 0 Å². The van der Waals surface area contributed by atoms with Crippen LogP contribution < -0.4 is 9.47 Å². The first-order chi connectivity index (χ1) is 8.35. The first-order valence-electron chi connectivity index (χ1n) is 6.16. The minimum Gasteiger partial charge on any atom is -0.496 e. The highest BCUT2D eigenvalue weighted by molar-refractivity contribution is 5.99. The molecule has 0 atom stereocenters.